The van der Waals surface area contributed by atoms with E-state index in [-0.39, 0.29) is 11.2 Å². The van der Waals surface area contributed by atoms with Gasteiger partial charge in [0.1, 0.15) is 5.75 Å². The van der Waals surface area contributed by atoms with Crippen molar-refractivity contribution in [3.63, 3.8) is 0 Å². The molecule has 1 aliphatic heterocycles. The number of hydrogen-bond donors (Lipinski definition) is 3. The maximum atomic E-state index is 12.6. The number of phosphoric acid groups is 1. The molecule has 0 spiro atoms. The molecule has 0 atom stereocenters. The highest BCUT2D eigenvalue weighted by Gasteiger charge is 2.20. The van der Waals surface area contributed by atoms with Crippen molar-refractivity contribution in [3.8, 4) is 5.75 Å². The number of imidazole rings is 1. The zero-order valence-corrected chi connectivity index (χ0v) is 20.1. The first kappa shape index (κ1) is 25.7. The van der Waals surface area contributed by atoms with Crippen molar-refractivity contribution in [2.45, 2.75) is 6.54 Å². The molecule has 14 heteroatoms. The number of anilines is 1. The molecular weight excluding hydrogens is 467 g/mol. The molecule has 2 aromatic heterocycles. The van der Waals surface area contributed by atoms with E-state index in [4.69, 9.17) is 24.0 Å². The number of piperazine rings is 1. The zero-order valence-electron chi connectivity index (χ0n) is 19.2. The Balaban J connectivity index is 0.000000588. The Bertz CT molecular complexity index is 1290. The van der Waals surface area contributed by atoms with Gasteiger partial charge in [-0.25, -0.2) is 14.3 Å². The molecule has 34 heavy (non-hydrogen) atoms. The number of aromatic nitrogens is 4. The van der Waals surface area contributed by atoms with Crippen molar-refractivity contribution in [2.24, 2.45) is 14.1 Å². The number of nitrogens with zero attached hydrogens (tertiary/aromatic N) is 6. The standard InChI is InChI=1S/C20H26N6O3.H3O4P/c1-22-18-17(19(27)23(2)20(22)28)26(14-21-18)13-10-24-8-11-25(12-9-24)15-6-4-5-7-16(15)29-3;1-5(2,3)4/h4-7,14H,8-13H2,1-3H3;(H3,1,2,3,4). The molecule has 0 saturated carbocycles. The number of methoxy groups -OCH3 is 1. The second-order valence-electron chi connectivity index (χ2n) is 7.83. The van der Waals surface area contributed by atoms with Crippen molar-refractivity contribution in [2.75, 3.05) is 44.7 Å². The minimum absolute atomic E-state index is 0.304. The summed E-state index contributed by atoms with van der Waals surface area (Å²) in [5, 5.41) is 0. The summed E-state index contributed by atoms with van der Waals surface area (Å²) >= 11 is 0. The third-order valence-corrected chi connectivity index (χ3v) is 5.67. The lowest BCUT2D eigenvalue weighted by atomic mass is 10.2. The highest BCUT2D eigenvalue weighted by atomic mass is 31.2. The number of hydrogen-bond acceptors (Lipinski definition) is 7. The molecule has 1 aliphatic rings. The predicted molar refractivity (Wildman–Crippen MR) is 126 cm³/mol. The number of para-hydroxylation sites is 2. The summed E-state index contributed by atoms with van der Waals surface area (Å²) in [4.78, 5) is 55.2. The molecule has 0 radical (unpaired) electrons. The Morgan fingerprint density at radius 1 is 1.00 bits per heavy atom. The van der Waals surface area contributed by atoms with Gasteiger partial charge in [-0.2, -0.15) is 0 Å². The van der Waals surface area contributed by atoms with Gasteiger partial charge in [0.2, 0.25) is 0 Å². The van der Waals surface area contributed by atoms with Crippen molar-refractivity contribution in [3.05, 3.63) is 51.4 Å². The van der Waals surface area contributed by atoms with Crippen LogP contribution in [0.25, 0.3) is 11.2 Å². The molecule has 1 fully saturated rings. The highest BCUT2D eigenvalue weighted by molar-refractivity contribution is 7.45. The lowest BCUT2D eigenvalue weighted by Crippen LogP contribution is -2.47. The quantitative estimate of drug-likeness (QED) is 0.388. The average molecular weight is 496 g/mol. The van der Waals surface area contributed by atoms with E-state index in [1.807, 2.05) is 22.8 Å². The smallest absolute Gasteiger partial charge is 0.466 e. The molecule has 0 aliphatic carbocycles. The molecule has 0 unspecified atom stereocenters. The number of aryl methyl sites for hydroxylation is 1. The largest absolute Gasteiger partial charge is 0.495 e. The molecule has 3 N–H and O–H groups in total. The van der Waals surface area contributed by atoms with Gasteiger partial charge in [-0.3, -0.25) is 18.8 Å². The fourth-order valence-corrected chi connectivity index (χ4v) is 3.92. The van der Waals surface area contributed by atoms with E-state index in [1.54, 1.807) is 20.5 Å². The summed E-state index contributed by atoms with van der Waals surface area (Å²) in [5.41, 5.74) is 1.36. The lowest BCUT2D eigenvalue weighted by Gasteiger charge is -2.36. The average Bonchev–Trinajstić information content (AvgIpc) is 3.23. The SMILES string of the molecule is COc1ccccc1N1CCN(CCn2cnc3c2c(=O)n(C)c(=O)n3C)CC1.O=P(O)(O)O. The predicted octanol–water partition coefficient (Wildman–Crippen LogP) is -0.664. The second kappa shape index (κ2) is 10.5. The number of benzene rings is 1. The summed E-state index contributed by atoms with van der Waals surface area (Å²) in [6.45, 7) is 5.17. The van der Waals surface area contributed by atoms with Crippen molar-refractivity contribution in [1.82, 2.24) is 23.6 Å². The van der Waals surface area contributed by atoms with Gasteiger partial charge < -0.3 is 28.9 Å². The number of ether oxygens (including phenoxy) is 1. The van der Waals surface area contributed by atoms with E-state index in [1.165, 1.54) is 11.6 Å². The summed E-state index contributed by atoms with van der Waals surface area (Å²) in [6, 6.07) is 8.09. The molecule has 1 saturated heterocycles. The van der Waals surface area contributed by atoms with Crippen LogP contribution < -0.4 is 20.9 Å². The van der Waals surface area contributed by atoms with Gasteiger partial charge in [-0.1, -0.05) is 12.1 Å². The number of rotatable bonds is 5. The van der Waals surface area contributed by atoms with E-state index in [9.17, 15) is 9.59 Å². The Morgan fingerprint density at radius 3 is 2.24 bits per heavy atom. The van der Waals surface area contributed by atoms with Crippen LogP contribution in [0.5, 0.6) is 5.75 Å². The Hall–Kier alpha value is -2.96. The van der Waals surface area contributed by atoms with Crippen LogP contribution in [-0.4, -0.2) is 78.1 Å². The second-order valence-corrected chi connectivity index (χ2v) is 8.86. The van der Waals surface area contributed by atoms with Gasteiger partial charge in [0, 0.05) is 53.4 Å². The van der Waals surface area contributed by atoms with Crippen LogP contribution in [0.2, 0.25) is 0 Å². The Labute approximate surface area is 195 Å². The molecule has 1 aromatic carbocycles. The lowest BCUT2D eigenvalue weighted by molar-refractivity contribution is 0.248. The molecule has 186 valence electrons. The van der Waals surface area contributed by atoms with Crippen molar-refractivity contribution in [1.29, 1.82) is 0 Å². The van der Waals surface area contributed by atoms with Crippen molar-refractivity contribution < 1.29 is 24.0 Å². The minimum atomic E-state index is -4.64. The molecular formula is C20H29N6O7P. The van der Waals surface area contributed by atoms with Gasteiger partial charge in [-0.05, 0) is 12.1 Å². The van der Waals surface area contributed by atoms with E-state index >= 15 is 0 Å². The topological polar surface area (TPSA) is 155 Å². The van der Waals surface area contributed by atoms with E-state index in [2.05, 4.69) is 20.9 Å². The molecule has 4 rings (SSSR count). The molecule has 3 aromatic rings. The van der Waals surface area contributed by atoms with Crippen LogP contribution in [-0.2, 0) is 25.2 Å². The first-order chi connectivity index (χ1) is 16.0. The van der Waals surface area contributed by atoms with Gasteiger partial charge in [0.25, 0.3) is 5.56 Å². The first-order valence-corrected chi connectivity index (χ1v) is 12.1. The minimum Gasteiger partial charge on any atom is -0.495 e. The fourth-order valence-electron chi connectivity index (χ4n) is 3.92. The summed E-state index contributed by atoms with van der Waals surface area (Å²) in [6.07, 6.45) is 1.65. The van der Waals surface area contributed by atoms with E-state index < -0.39 is 7.82 Å². The Morgan fingerprint density at radius 2 is 1.62 bits per heavy atom. The zero-order chi connectivity index (χ0) is 25.0. The third kappa shape index (κ3) is 5.93. The Kier molecular flexibility index (Phi) is 7.95. The molecule has 3 heterocycles. The molecule has 0 amide bonds. The van der Waals surface area contributed by atoms with Crippen LogP contribution >= 0.6 is 7.82 Å². The first-order valence-electron chi connectivity index (χ1n) is 10.5. The van der Waals surface area contributed by atoms with Gasteiger partial charge in [-0.15, -0.1) is 0 Å². The van der Waals surface area contributed by atoms with E-state index in [0.717, 1.165) is 48.7 Å². The fraction of sp³-hybridized carbons (Fsp3) is 0.450. The van der Waals surface area contributed by atoms with Crippen LogP contribution in [0.4, 0.5) is 5.69 Å². The monoisotopic (exact) mass is 496 g/mol. The van der Waals surface area contributed by atoms with Gasteiger partial charge in [0.15, 0.2) is 11.2 Å². The summed E-state index contributed by atoms with van der Waals surface area (Å²) < 4.78 is 18.8. The van der Waals surface area contributed by atoms with Gasteiger partial charge in [0.05, 0.1) is 19.1 Å². The maximum absolute atomic E-state index is 12.6. The van der Waals surface area contributed by atoms with E-state index in [0.29, 0.717) is 17.7 Å². The summed E-state index contributed by atoms with van der Waals surface area (Å²) in [5.74, 6) is 0.896. The summed E-state index contributed by atoms with van der Waals surface area (Å²) in [7, 11) is 0.196. The molecule has 0 bridgehead atoms. The number of fused-ring (bicyclic) bond motifs is 1. The van der Waals surface area contributed by atoms with Crippen molar-refractivity contribution >= 4 is 24.7 Å². The van der Waals surface area contributed by atoms with Crippen LogP contribution in [0.1, 0.15) is 0 Å². The highest BCUT2D eigenvalue weighted by Crippen LogP contribution is 2.28. The molecule has 13 nitrogen and oxygen atoms in total. The van der Waals surface area contributed by atoms with Crippen LogP contribution in [0.3, 0.4) is 0 Å². The third-order valence-electron chi connectivity index (χ3n) is 5.67. The maximum Gasteiger partial charge on any atom is 0.466 e. The van der Waals surface area contributed by atoms with Crippen LogP contribution in [0.15, 0.2) is 40.2 Å². The van der Waals surface area contributed by atoms with Crippen LogP contribution in [0, 0.1) is 0 Å². The normalized spacial score (nSPS) is 14.7. The van der Waals surface area contributed by atoms with Gasteiger partial charge >= 0.3 is 13.5 Å².